The summed E-state index contributed by atoms with van der Waals surface area (Å²) in [5, 5.41) is 21.0. The van der Waals surface area contributed by atoms with Crippen LogP contribution in [0.5, 0.6) is 0 Å². The SMILES string of the molecule is C=C(C)NCCOCCCC.CC(=N)N1C(=N)CN=C(c2ccc(Cl)cc2)c2c1sc(C)c2C. The summed E-state index contributed by atoms with van der Waals surface area (Å²) in [6.07, 6.45) is 2.36. The lowest BCUT2D eigenvalue weighted by Crippen LogP contribution is -2.35. The summed E-state index contributed by atoms with van der Waals surface area (Å²) < 4.78 is 5.32. The average Bonchev–Trinajstić information content (AvgIpc) is 2.97. The van der Waals surface area contributed by atoms with E-state index in [0.717, 1.165) is 59.3 Å². The van der Waals surface area contributed by atoms with Crippen LogP contribution in [0.1, 0.15) is 55.2 Å². The van der Waals surface area contributed by atoms with Crippen LogP contribution in [0.3, 0.4) is 0 Å². The fourth-order valence-electron chi connectivity index (χ4n) is 3.35. The number of nitrogens with zero attached hydrogens (tertiary/aromatic N) is 2. The number of amidine groups is 2. The van der Waals surface area contributed by atoms with Crippen molar-refractivity contribution in [3.05, 3.63) is 63.1 Å². The van der Waals surface area contributed by atoms with Crippen LogP contribution in [0.2, 0.25) is 5.02 Å². The van der Waals surface area contributed by atoms with Crippen molar-refractivity contribution < 1.29 is 4.74 Å². The van der Waals surface area contributed by atoms with Crippen molar-refractivity contribution in [2.45, 2.75) is 47.5 Å². The van der Waals surface area contributed by atoms with E-state index >= 15 is 0 Å². The quantitative estimate of drug-likeness (QED) is 0.217. The van der Waals surface area contributed by atoms with Crippen molar-refractivity contribution in [1.29, 1.82) is 10.8 Å². The van der Waals surface area contributed by atoms with Crippen molar-refractivity contribution in [2.75, 3.05) is 31.2 Å². The molecule has 0 saturated heterocycles. The maximum absolute atomic E-state index is 8.28. The van der Waals surface area contributed by atoms with Crippen LogP contribution in [0, 0.1) is 24.7 Å². The molecular weight excluding hydrogens is 466 g/mol. The van der Waals surface area contributed by atoms with Gasteiger partial charge in [-0.25, -0.2) is 0 Å². The predicted molar refractivity (Wildman–Crippen MR) is 148 cm³/mol. The van der Waals surface area contributed by atoms with E-state index in [1.54, 1.807) is 23.2 Å². The van der Waals surface area contributed by atoms with Gasteiger partial charge in [-0.15, -0.1) is 11.3 Å². The lowest BCUT2D eigenvalue weighted by molar-refractivity contribution is 0.134. The Labute approximate surface area is 212 Å². The number of fused-ring (bicyclic) bond motifs is 1. The Kier molecular flexibility index (Phi) is 11.0. The molecule has 0 unspecified atom stereocenters. The molecule has 0 fully saturated rings. The second-order valence-corrected chi connectivity index (χ2v) is 9.82. The Morgan fingerprint density at radius 3 is 2.50 bits per heavy atom. The van der Waals surface area contributed by atoms with Crippen LogP contribution in [-0.4, -0.2) is 43.7 Å². The summed E-state index contributed by atoms with van der Waals surface area (Å²) in [5.41, 5.74) is 5.02. The fraction of sp³-hybridized carbons (Fsp3) is 0.423. The third-order valence-electron chi connectivity index (χ3n) is 5.23. The van der Waals surface area contributed by atoms with E-state index in [2.05, 4.69) is 37.7 Å². The summed E-state index contributed by atoms with van der Waals surface area (Å²) in [7, 11) is 0. The Hall–Kier alpha value is -2.48. The van der Waals surface area contributed by atoms with E-state index < -0.39 is 0 Å². The van der Waals surface area contributed by atoms with E-state index in [4.69, 9.17) is 27.2 Å². The predicted octanol–water partition coefficient (Wildman–Crippen LogP) is 6.58. The molecule has 8 heteroatoms. The molecule has 0 saturated carbocycles. The minimum atomic E-state index is 0.258. The van der Waals surface area contributed by atoms with Crippen molar-refractivity contribution >= 4 is 45.3 Å². The number of rotatable bonds is 8. The van der Waals surface area contributed by atoms with E-state index in [9.17, 15) is 0 Å². The first-order valence-electron chi connectivity index (χ1n) is 11.5. The van der Waals surface area contributed by atoms with Crippen LogP contribution in [0.25, 0.3) is 0 Å². The van der Waals surface area contributed by atoms with Gasteiger partial charge in [0.2, 0.25) is 0 Å². The number of halogens is 1. The smallest absolute Gasteiger partial charge is 0.129 e. The molecule has 2 aromatic rings. The molecule has 0 spiro atoms. The number of hydrogen-bond donors (Lipinski definition) is 3. The van der Waals surface area contributed by atoms with Crippen LogP contribution in [0.4, 0.5) is 5.00 Å². The molecule has 0 aliphatic carbocycles. The van der Waals surface area contributed by atoms with Gasteiger partial charge in [-0.2, -0.15) is 0 Å². The second-order valence-electron chi connectivity index (χ2n) is 8.18. The van der Waals surface area contributed by atoms with Gasteiger partial charge in [-0.3, -0.25) is 20.7 Å². The maximum Gasteiger partial charge on any atom is 0.129 e. The molecule has 0 amide bonds. The average molecular weight is 502 g/mol. The van der Waals surface area contributed by atoms with E-state index in [1.807, 2.05) is 31.2 Å². The molecule has 184 valence electrons. The molecule has 0 bridgehead atoms. The van der Waals surface area contributed by atoms with E-state index in [-0.39, 0.29) is 6.54 Å². The summed E-state index contributed by atoms with van der Waals surface area (Å²) >= 11 is 7.61. The van der Waals surface area contributed by atoms with Gasteiger partial charge >= 0.3 is 0 Å². The molecule has 3 rings (SSSR count). The van der Waals surface area contributed by atoms with Gasteiger partial charge in [0, 0.05) is 39.9 Å². The number of nitrogens with one attached hydrogen (secondary N) is 3. The van der Waals surface area contributed by atoms with Crippen LogP contribution in [-0.2, 0) is 4.74 Å². The molecule has 1 aliphatic heterocycles. The number of ether oxygens (including phenoxy) is 1. The molecular formula is C26H36ClN5OS. The van der Waals surface area contributed by atoms with E-state index in [0.29, 0.717) is 16.7 Å². The lowest BCUT2D eigenvalue weighted by Gasteiger charge is -2.21. The van der Waals surface area contributed by atoms with Crippen LogP contribution >= 0.6 is 22.9 Å². The number of hydrogen-bond acceptors (Lipinski definition) is 6. The molecule has 3 N–H and O–H groups in total. The normalized spacial score (nSPS) is 12.8. The Balaban J connectivity index is 0.000000316. The highest BCUT2D eigenvalue weighted by atomic mass is 35.5. The number of thiophene rings is 1. The number of anilines is 1. The standard InChI is InChI=1S/C17H17ClN4S.C9H19NO/c1-9-10(2)23-17-15(9)16(12-4-6-13(18)7-5-12)21-8-14(20)22(17)11(3)19;1-4-5-7-11-8-6-10-9(2)3/h4-7,19-20H,8H2,1-3H3;10H,2,4-8H2,1,3H3. The highest BCUT2D eigenvalue weighted by Gasteiger charge is 2.28. The van der Waals surface area contributed by atoms with Crippen molar-refractivity contribution in [3.8, 4) is 0 Å². The van der Waals surface area contributed by atoms with Gasteiger partial charge in [-0.1, -0.05) is 43.7 Å². The third kappa shape index (κ3) is 7.52. The summed E-state index contributed by atoms with van der Waals surface area (Å²) in [4.78, 5) is 7.53. The molecule has 1 aromatic heterocycles. The zero-order valence-corrected chi connectivity index (χ0v) is 22.4. The molecule has 1 aliphatic rings. The summed E-state index contributed by atoms with van der Waals surface area (Å²) in [6, 6.07) is 7.61. The Morgan fingerprint density at radius 2 is 1.91 bits per heavy atom. The zero-order valence-electron chi connectivity index (χ0n) is 20.8. The molecule has 2 heterocycles. The minimum Gasteiger partial charge on any atom is -0.387 e. The highest BCUT2D eigenvalue weighted by Crippen LogP contribution is 2.39. The Bertz CT molecular complexity index is 1040. The molecule has 0 radical (unpaired) electrons. The zero-order chi connectivity index (χ0) is 25.3. The third-order valence-corrected chi connectivity index (χ3v) is 6.68. The fourth-order valence-corrected chi connectivity index (χ4v) is 4.72. The Morgan fingerprint density at radius 1 is 1.24 bits per heavy atom. The first-order chi connectivity index (χ1) is 16.2. The van der Waals surface area contributed by atoms with Crippen LogP contribution < -0.4 is 10.2 Å². The number of aliphatic imine (C=N–C) groups is 1. The van der Waals surface area contributed by atoms with E-state index in [1.165, 1.54) is 11.3 Å². The van der Waals surface area contributed by atoms with Gasteiger partial charge in [0.15, 0.2) is 0 Å². The number of unbranched alkanes of at least 4 members (excludes halogenated alkanes) is 1. The van der Waals surface area contributed by atoms with Gasteiger partial charge in [0.05, 0.1) is 18.9 Å². The molecule has 1 aromatic carbocycles. The van der Waals surface area contributed by atoms with Gasteiger partial charge in [0.1, 0.15) is 16.7 Å². The maximum atomic E-state index is 8.28. The van der Waals surface area contributed by atoms with Crippen molar-refractivity contribution in [3.63, 3.8) is 0 Å². The number of allylic oxidation sites excluding steroid dienone is 1. The largest absolute Gasteiger partial charge is 0.387 e. The monoisotopic (exact) mass is 501 g/mol. The lowest BCUT2D eigenvalue weighted by atomic mass is 10.00. The van der Waals surface area contributed by atoms with Crippen LogP contribution in [0.15, 0.2) is 41.5 Å². The first-order valence-corrected chi connectivity index (χ1v) is 12.7. The van der Waals surface area contributed by atoms with Gasteiger partial charge in [0.25, 0.3) is 0 Å². The highest BCUT2D eigenvalue weighted by molar-refractivity contribution is 7.17. The first kappa shape index (κ1) is 27.8. The second kappa shape index (κ2) is 13.4. The topological polar surface area (TPSA) is 84.6 Å². The van der Waals surface area contributed by atoms with Gasteiger partial charge < -0.3 is 10.1 Å². The number of aryl methyl sites for hydroxylation is 1. The van der Waals surface area contributed by atoms with Crippen molar-refractivity contribution in [2.24, 2.45) is 4.99 Å². The summed E-state index contributed by atoms with van der Waals surface area (Å²) in [6.45, 7) is 16.5. The molecule has 0 atom stereocenters. The summed E-state index contributed by atoms with van der Waals surface area (Å²) in [5.74, 6) is 0.661. The number of benzene rings is 1. The molecule has 34 heavy (non-hydrogen) atoms. The molecule has 6 nitrogen and oxygen atoms in total. The van der Waals surface area contributed by atoms with Gasteiger partial charge in [-0.05, 0) is 51.8 Å². The minimum absolute atomic E-state index is 0.258. The van der Waals surface area contributed by atoms with Crippen molar-refractivity contribution in [1.82, 2.24) is 5.32 Å².